The Labute approximate surface area is 179 Å². The van der Waals surface area contributed by atoms with Gasteiger partial charge in [0.1, 0.15) is 28.2 Å². The highest BCUT2D eigenvalue weighted by Crippen LogP contribution is 2.22. The molecule has 31 heavy (non-hydrogen) atoms. The molecule has 0 amide bonds. The van der Waals surface area contributed by atoms with E-state index in [1.54, 1.807) is 12.3 Å². The third kappa shape index (κ3) is 5.26. The number of nitrogens with zero attached hydrogens (tertiary/aromatic N) is 3. The van der Waals surface area contributed by atoms with Crippen LogP contribution in [0.1, 0.15) is 12.8 Å². The zero-order chi connectivity index (χ0) is 21.8. The van der Waals surface area contributed by atoms with E-state index in [0.29, 0.717) is 11.9 Å². The SMILES string of the molecule is O=S(=O)(Nc1cc(F)cc(F)c1)c1ccc(NC2CCN(c3ccccn3)CC2)nc1. The van der Waals surface area contributed by atoms with Crippen LogP contribution in [0.3, 0.4) is 0 Å². The summed E-state index contributed by atoms with van der Waals surface area (Å²) < 4.78 is 53.7. The molecule has 0 aliphatic carbocycles. The van der Waals surface area contributed by atoms with Crippen molar-refractivity contribution < 1.29 is 17.2 Å². The van der Waals surface area contributed by atoms with E-state index in [0.717, 1.165) is 43.9 Å². The van der Waals surface area contributed by atoms with Crippen molar-refractivity contribution in [3.63, 3.8) is 0 Å². The van der Waals surface area contributed by atoms with Crippen molar-refractivity contribution in [2.45, 2.75) is 23.8 Å². The summed E-state index contributed by atoms with van der Waals surface area (Å²) in [7, 11) is -4.02. The average Bonchev–Trinajstić information content (AvgIpc) is 2.74. The first-order valence-corrected chi connectivity index (χ1v) is 11.2. The normalized spacial score (nSPS) is 15.0. The molecule has 3 heterocycles. The number of benzene rings is 1. The number of pyridine rings is 2. The summed E-state index contributed by atoms with van der Waals surface area (Å²) in [5.41, 5.74) is -0.195. The summed E-state index contributed by atoms with van der Waals surface area (Å²) in [6.45, 7) is 1.71. The Morgan fingerprint density at radius 1 is 0.968 bits per heavy atom. The van der Waals surface area contributed by atoms with Gasteiger partial charge >= 0.3 is 0 Å². The second-order valence-corrected chi connectivity index (χ2v) is 8.92. The zero-order valence-electron chi connectivity index (χ0n) is 16.5. The van der Waals surface area contributed by atoms with Crippen molar-refractivity contribution in [2.75, 3.05) is 28.0 Å². The molecule has 0 atom stereocenters. The average molecular weight is 445 g/mol. The lowest BCUT2D eigenvalue weighted by Gasteiger charge is -2.33. The Balaban J connectivity index is 1.36. The van der Waals surface area contributed by atoms with Gasteiger partial charge in [-0.05, 0) is 49.2 Å². The molecule has 1 aromatic carbocycles. The monoisotopic (exact) mass is 445 g/mol. The van der Waals surface area contributed by atoms with Gasteiger partial charge in [0.15, 0.2) is 0 Å². The first-order chi connectivity index (χ1) is 14.9. The predicted octanol–water partition coefficient (Wildman–Crippen LogP) is 3.64. The highest BCUT2D eigenvalue weighted by atomic mass is 32.2. The van der Waals surface area contributed by atoms with Gasteiger partial charge in [0.2, 0.25) is 0 Å². The molecule has 1 fully saturated rings. The van der Waals surface area contributed by atoms with Gasteiger partial charge in [-0.3, -0.25) is 4.72 Å². The Bertz CT molecular complexity index is 1120. The second kappa shape index (κ2) is 8.84. The number of sulfonamides is 1. The molecular formula is C21H21F2N5O2S. The lowest BCUT2D eigenvalue weighted by atomic mass is 10.1. The number of anilines is 3. The third-order valence-corrected chi connectivity index (χ3v) is 6.35. The van der Waals surface area contributed by atoms with Crippen LogP contribution >= 0.6 is 0 Å². The van der Waals surface area contributed by atoms with Crippen molar-refractivity contribution in [3.8, 4) is 0 Å². The van der Waals surface area contributed by atoms with Crippen LogP contribution in [0.25, 0.3) is 0 Å². The number of piperidine rings is 1. The largest absolute Gasteiger partial charge is 0.367 e. The minimum absolute atomic E-state index is 0.104. The van der Waals surface area contributed by atoms with E-state index in [1.807, 2.05) is 18.2 Å². The van der Waals surface area contributed by atoms with Crippen LogP contribution in [0.15, 0.2) is 65.8 Å². The molecule has 2 N–H and O–H groups in total. The number of nitrogens with one attached hydrogen (secondary N) is 2. The zero-order valence-corrected chi connectivity index (χ0v) is 17.3. The Kier molecular flexibility index (Phi) is 5.99. The molecule has 4 rings (SSSR count). The first-order valence-electron chi connectivity index (χ1n) is 9.76. The van der Waals surface area contributed by atoms with Gasteiger partial charge in [-0.15, -0.1) is 0 Å². The molecule has 0 saturated carbocycles. The molecule has 1 saturated heterocycles. The number of halogens is 2. The van der Waals surface area contributed by atoms with Crippen LogP contribution in [0.5, 0.6) is 0 Å². The van der Waals surface area contributed by atoms with Crippen LogP contribution in [0.4, 0.5) is 26.1 Å². The number of hydrogen-bond acceptors (Lipinski definition) is 6. The van der Waals surface area contributed by atoms with Crippen LogP contribution in [0, 0.1) is 11.6 Å². The molecule has 0 spiro atoms. The third-order valence-electron chi connectivity index (χ3n) is 4.98. The van der Waals surface area contributed by atoms with Crippen LogP contribution in [-0.2, 0) is 10.0 Å². The van der Waals surface area contributed by atoms with E-state index >= 15 is 0 Å². The molecular weight excluding hydrogens is 424 g/mol. The molecule has 0 unspecified atom stereocenters. The molecule has 0 radical (unpaired) electrons. The van der Waals surface area contributed by atoms with Gasteiger partial charge in [0.25, 0.3) is 10.0 Å². The maximum absolute atomic E-state index is 13.3. The molecule has 2 aromatic heterocycles. The summed E-state index contributed by atoms with van der Waals surface area (Å²) in [6.07, 6.45) is 4.78. The standard InChI is InChI=1S/C21H21F2N5O2S/c22-15-11-16(23)13-18(12-15)27-31(29,30)19-4-5-20(25-14-19)26-17-6-9-28(10-7-17)21-3-1-2-8-24-21/h1-5,8,11-14,17,27H,6-7,9-10H2,(H,25,26). The van der Waals surface area contributed by atoms with E-state index in [2.05, 4.69) is 24.9 Å². The highest BCUT2D eigenvalue weighted by molar-refractivity contribution is 7.92. The van der Waals surface area contributed by atoms with Gasteiger partial charge in [-0.2, -0.15) is 0 Å². The van der Waals surface area contributed by atoms with Crippen molar-refractivity contribution in [1.29, 1.82) is 0 Å². The van der Waals surface area contributed by atoms with Crippen molar-refractivity contribution in [1.82, 2.24) is 9.97 Å². The quantitative estimate of drug-likeness (QED) is 0.603. The lowest BCUT2D eigenvalue weighted by Crippen LogP contribution is -2.39. The minimum Gasteiger partial charge on any atom is -0.367 e. The molecule has 1 aliphatic heterocycles. The fourth-order valence-electron chi connectivity index (χ4n) is 3.45. The first kappa shape index (κ1) is 21.0. The van der Waals surface area contributed by atoms with Crippen LogP contribution in [0.2, 0.25) is 0 Å². The van der Waals surface area contributed by atoms with Crippen molar-refractivity contribution in [3.05, 3.63) is 72.6 Å². The van der Waals surface area contributed by atoms with Crippen LogP contribution < -0.4 is 14.9 Å². The van der Waals surface area contributed by atoms with Gasteiger partial charge in [-0.25, -0.2) is 27.2 Å². The van der Waals surface area contributed by atoms with E-state index < -0.39 is 21.7 Å². The lowest BCUT2D eigenvalue weighted by molar-refractivity contribution is 0.522. The fourth-order valence-corrected chi connectivity index (χ4v) is 4.44. The maximum atomic E-state index is 13.3. The molecule has 162 valence electrons. The van der Waals surface area contributed by atoms with E-state index in [-0.39, 0.29) is 16.6 Å². The number of hydrogen-bond donors (Lipinski definition) is 2. The summed E-state index contributed by atoms with van der Waals surface area (Å²) in [4.78, 5) is 10.7. The number of aromatic nitrogens is 2. The van der Waals surface area contributed by atoms with E-state index in [4.69, 9.17) is 0 Å². The summed E-state index contributed by atoms with van der Waals surface area (Å²) in [5, 5.41) is 3.32. The maximum Gasteiger partial charge on any atom is 0.263 e. The van der Waals surface area contributed by atoms with E-state index in [9.17, 15) is 17.2 Å². The van der Waals surface area contributed by atoms with Crippen molar-refractivity contribution in [2.24, 2.45) is 0 Å². The number of rotatable bonds is 6. The van der Waals surface area contributed by atoms with Gasteiger partial charge in [0, 0.05) is 37.6 Å². The molecule has 10 heteroatoms. The van der Waals surface area contributed by atoms with Gasteiger partial charge in [0.05, 0.1) is 5.69 Å². The highest BCUT2D eigenvalue weighted by Gasteiger charge is 2.21. The molecule has 0 bridgehead atoms. The molecule has 7 nitrogen and oxygen atoms in total. The minimum atomic E-state index is -4.02. The van der Waals surface area contributed by atoms with E-state index in [1.165, 1.54) is 12.3 Å². The Morgan fingerprint density at radius 2 is 1.71 bits per heavy atom. The molecule has 1 aliphatic rings. The smallest absolute Gasteiger partial charge is 0.263 e. The van der Waals surface area contributed by atoms with Crippen LogP contribution in [-0.4, -0.2) is 37.5 Å². The summed E-state index contributed by atoms with van der Waals surface area (Å²) in [5.74, 6) is -0.222. The summed E-state index contributed by atoms with van der Waals surface area (Å²) in [6, 6.07) is 11.5. The second-order valence-electron chi connectivity index (χ2n) is 7.24. The van der Waals surface area contributed by atoms with Crippen molar-refractivity contribution >= 4 is 27.3 Å². The Hall–Kier alpha value is -3.27. The predicted molar refractivity (Wildman–Crippen MR) is 114 cm³/mol. The fraction of sp³-hybridized carbons (Fsp3) is 0.238. The van der Waals surface area contributed by atoms with Gasteiger partial charge in [-0.1, -0.05) is 6.07 Å². The molecule has 3 aromatic rings. The van der Waals surface area contributed by atoms with Gasteiger partial charge < -0.3 is 10.2 Å². The Morgan fingerprint density at radius 3 is 2.32 bits per heavy atom. The topological polar surface area (TPSA) is 87.2 Å². The summed E-state index contributed by atoms with van der Waals surface area (Å²) >= 11 is 0.